The van der Waals surface area contributed by atoms with Gasteiger partial charge in [0.25, 0.3) is 5.91 Å². The van der Waals surface area contributed by atoms with Crippen LogP contribution in [0.5, 0.6) is 5.75 Å². The van der Waals surface area contributed by atoms with Crippen LogP contribution in [0.25, 0.3) is 0 Å². The Labute approximate surface area is 199 Å². The van der Waals surface area contributed by atoms with Crippen LogP contribution in [0.2, 0.25) is 0 Å². The summed E-state index contributed by atoms with van der Waals surface area (Å²) in [6, 6.07) is 8.15. The maximum absolute atomic E-state index is 14.1. The smallest absolute Gasteiger partial charge is 0.259 e. The van der Waals surface area contributed by atoms with Crippen LogP contribution in [0.3, 0.4) is 0 Å². The Hall–Kier alpha value is -2.72. The van der Waals surface area contributed by atoms with Crippen molar-refractivity contribution in [3.05, 3.63) is 53.6 Å². The topological polar surface area (TPSA) is 70.2 Å². The third kappa shape index (κ3) is 4.74. The minimum absolute atomic E-state index is 0.198. The number of carbonyl (C=O) groups is 1. The zero-order valence-electron chi connectivity index (χ0n) is 19.3. The largest absolute Gasteiger partial charge is 0.495 e. The molecule has 1 atom stereocenters. The number of hydrogen-bond donors (Lipinski definition) is 0. The molecule has 2 aromatic rings. The fourth-order valence-electron chi connectivity index (χ4n) is 4.60. The average molecular weight is 494 g/mol. The number of amides is 1. The van der Waals surface area contributed by atoms with E-state index in [0.717, 1.165) is 25.0 Å². The lowest BCUT2D eigenvalue weighted by Crippen LogP contribution is -2.49. The van der Waals surface area contributed by atoms with Crippen molar-refractivity contribution in [1.82, 2.24) is 9.21 Å². The number of sulfonamides is 1. The maximum Gasteiger partial charge on any atom is 0.259 e. The van der Waals surface area contributed by atoms with Crippen LogP contribution >= 0.6 is 0 Å². The number of carbonyl (C=O) groups excluding carboxylic acids is 1. The van der Waals surface area contributed by atoms with Gasteiger partial charge in [-0.15, -0.1) is 0 Å². The maximum atomic E-state index is 14.1. The summed E-state index contributed by atoms with van der Waals surface area (Å²) < 4.78 is 61.7. The number of rotatable bonds is 5. The molecule has 0 aromatic heterocycles. The molecule has 0 saturated carbocycles. The highest BCUT2D eigenvalue weighted by Gasteiger charge is 2.31. The normalized spacial score (nSPS) is 19.8. The molecule has 2 aromatic carbocycles. The average Bonchev–Trinajstić information content (AvgIpc) is 2.83. The molecule has 2 saturated heterocycles. The molecule has 0 N–H and O–H groups in total. The van der Waals surface area contributed by atoms with Crippen molar-refractivity contribution in [2.24, 2.45) is 5.92 Å². The van der Waals surface area contributed by atoms with E-state index in [-0.39, 0.29) is 18.0 Å². The molecule has 7 nitrogen and oxygen atoms in total. The van der Waals surface area contributed by atoms with Gasteiger partial charge in [-0.05, 0) is 49.1 Å². The van der Waals surface area contributed by atoms with E-state index in [1.54, 1.807) is 18.2 Å². The first-order valence-corrected chi connectivity index (χ1v) is 12.8. The second-order valence-electron chi connectivity index (χ2n) is 8.82. The molecular weight excluding hydrogens is 464 g/mol. The second-order valence-corrected chi connectivity index (χ2v) is 10.8. The van der Waals surface area contributed by atoms with Gasteiger partial charge in [0.1, 0.15) is 22.9 Å². The minimum atomic E-state index is -3.65. The number of piperazine rings is 1. The predicted octanol–water partition coefficient (Wildman–Crippen LogP) is 3.36. The molecule has 184 valence electrons. The van der Waals surface area contributed by atoms with E-state index in [9.17, 15) is 22.0 Å². The van der Waals surface area contributed by atoms with E-state index < -0.39 is 33.1 Å². The lowest BCUT2D eigenvalue weighted by molar-refractivity contribution is 0.0737. The van der Waals surface area contributed by atoms with Crippen LogP contribution < -0.4 is 9.64 Å². The van der Waals surface area contributed by atoms with Crippen LogP contribution in [0.15, 0.2) is 41.3 Å². The van der Waals surface area contributed by atoms with Gasteiger partial charge in [-0.3, -0.25) is 4.79 Å². The third-order valence-corrected chi connectivity index (χ3v) is 8.35. The zero-order chi connectivity index (χ0) is 24.5. The lowest BCUT2D eigenvalue weighted by atomic mass is 10.0. The summed E-state index contributed by atoms with van der Waals surface area (Å²) in [6.45, 7) is 4.24. The molecule has 1 amide bonds. The summed E-state index contributed by atoms with van der Waals surface area (Å²) in [5.41, 5.74) is 0.0511. The predicted molar refractivity (Wildman–Crippen MR) is 125 cm³/mol. The summed E-state index contributed by atoms with van der Waals surface area (Å²) >= 11 is 0. The Morgan fingerprint density at radius 2 is 1.71 bits per heavy atom. The summed E-state index contributed by atoms with van der Waals surface area (Å²) in [7, 11) is -2.13. The number of halogens is 2. The summed E-state index contributed by atoms with van der Waals surface area (Å²) in [5.74, 6) is -1.65. The lowest BCUT2D eigenvalue weighted by Gasteiger charge is -2.37. The van der Waals surface area contributed by atoms with Gasteiger partial charge in [0.2, 0.25) is 10.0 Å². The van der Waals surface area contributed by atoms with E-state index in [4.69, 9.17) is 4.74 Å². The Bertz CT molecular complexity index is 1150. The second kappa shape index (κ2) is 9.87. The molecule has 10 heteroatoms. The molecule has 2 fully saturated rings. The molecule has 0 unspecified atom stereocenters. The van der Waals surface area contributed by atoms with Gasteiger partial charge < -0.3 is 14.5 Å². The van der Waals surface area contributed by atoms with Gasteiger partial charge in [-0.1, -0.05) is 13.0 Å². The van der Waals surface area contributed by atoms with Gasteiger partial charge in [0.05, 0.1) is 17.7 Å². The van der Waals surface area contributed by atoms with Crippen LogP contribution in [0.1, 0.15) is 30.1 Å². The van der Waals surface area contributed by atoms with Gasteiger partial charge >= 0.3 is 0 Å². The molecule has 2 aliphatic rings. The number of hydrogen-bond acceptors (Lipinski definition) is 5. The van der Waals surface area contributed by atoms with Gasteiger partial charge in [0.15, 0.2) is 0 Å². The SMILES string of the molecule is COc1ccc(S(=O)(=O)N2CCC[C@H](C)C2)cc1N1CCN(C(=O)c2c(F)cccc2F)CC1. The standard InChI is InChI=1S/C24H29F2N3O4S/c1-17-5-4-10-29(16-17)34(31,32)18-8-9-22(33-2)21(15-18)27-11-13-28(14-12-27)24(30)23-19(25)6-3-7-20(23)26/h3,6-9,15,17H,4-5,10-14,16H2,1-2H3/t17-/m0/s1. The van der Waals surface area contributed by atoms with Crippen LogP contribution in [-0.4, -0.2) is 69.9 Å². The van der Waals surface area contributed by atoms with Crippen molar-refractivity contribution in [2.45, 2.75) is 24.7 Å². The van der Waals surface area contributed by atoms with Crippen LogP contribution in [0.4, 0.5) is 14.5 Å². The minimum Gasteiger partial charge on any atom is -0.495 e. The fourth-order valence-corrected chi connectivity index (χ4v) is 6.22. The van der Waals surface area contributed by atoms with E-state index in [1.165, 1.54) is 22.4 Å². The molecule has 4 rings (SSSR count). The number of benzene rings is 2. The van der Waals surface area contributed by atoms with Crippen molar-refractivity contribution >= 4 is 21.6 Å². The van der Waals surface area contributed by atoms with Crippen molar-refractivity contribution in [3.63, 3.8) is 0 Å². The number of piperidine rings is 1. The molecule has 0 radical (unpaired) electrons. The first-order chi connectivity index (χ1) is 16.2. The van der Waals surface area contributed by atoms with Crippen molar-refractivity contribution in [3.8, 4) is 5.75 Å². The highest BCUT2D eigenvalue weighted by atomic mass is 32.2. The summed E-state index contributed by atoms with van der Waals surface area (Å²) in [6.07, 6.45) is 1.85. The molecule has 34 heavy (non-hydrogen) atoms. The third-order valence-electron chi connectivity index (χ3n) is 6.49. The number of methoxy groups -OCH3 is 1. The first-order valence-electron chi connectivity index (χ1n) is 11.4. The van der Waals surface area contributed by atoms with Crippen molar-refractivity contribution in [2.75, 3.05) is 51.3 Å². The van der Waals surface area contributed by atoms with Gasteiger partial charge in [-0.2, -0.15) is 4.31 Å². The van der Waals surface area contributed by atoms with E-state index in [0.29, 0.717) is 43.5 Å². The molecule has 0 bridgehead atoms. The van der Waals surface area contributed by atoms with E-state index in [1.807, 2.05) is 4.90 Å². The monoisotopic (exact) mass is 493 g/mol. The van der Waals surface area contributed by atoms with Crippen LogP contribution in [0, 0.1) is 17.6 Å². The Kier molecular flexibility index (Phi) is 7.09. The Balaban J connectivity index is 1.53. The van der Waals surface area contributed by atoms with E-state index in [2.05, 4.69) is 6.92 Å². The number of anilines is 1. The molecule has 2 aliphatic heterocycles. The first kappa shape index (κ1) is 24.4. The number of nitrogens with zero attached hydrogens (tertiary/aromatic N) is 3. The fraction of sp³-hybridized carbons (Fsp3) is 0.458. The molecule has 2 heterocycles. The van der Waals surface area contributed by atoms with Crippen molar-refractivity contribution in [1.29, 1.82) is 0 Å². The van der Waals surface area contributed by atoms with Crippen molar-refractivity contribution < 1.29 is 26.7 Å². The van der Waals surface area contributed by atoms with Gasteiger partial charge in [0, 0.05) is 39.3 Å². The molecule has 0 aliphatic carbocycles. The zero-order valence-corrected chi connectivity index (χ0v) is 20.2. The summed E-state index contributed by atoms with van der Waals surface area (Å²) in [4.78, 5) is 16.2. The quantitative estimate of drug-likeness (QED) is 0.639. The summed E-state index contributed by atoms with van der Waals surface area (Å²) in [5, 5.41) is 0. The Morgan fingerprint density at radius 3 is 2.32 bits per heavy atom. The molecular formula is C24H29F2N3O4S. The Morgan fingerprint density at radius 1 is 1.03 bits per heavy atom. The highest BCUT2D eigenvalue weighted by molar-refractivity contribution is 7.89. The van der Waals surface area contributed by atoms with Gasteiger partial charge in [-0.25, -0.2) is 17.2 Å². The number of ether oxygens (including phenoxy) is 1. The van der Waals surface area contributed by atoms with Crippen LogP contribution in [-0.2, 0) is 10.0 Å². The highest BCUT2D eigenvalue weighted by Crippen LogP contribution is 2.34. The van der Waals surface area contributed by atoms with E-state index >= 15 is 0 Å². The molecule has 0 spiro atoms.